The Kier molecular flexibility index (Phi) is 16.9. The van der Waals surface area contributed by atoms with E-state index in [1.165, 1.54) is 12.1 Å². The van der Waals surface area contributed by atoms with Gasteiger partial charge in [0, 0.05) is 0 Å². The summed E-state index contributed by atoms with van der Waals surface area (Å²) in [5.41, 5.74) is 0.978. The fourth-order valence-corrected chi connectivity index (χ4v) is 3.10. The molecule has 1 aromatic rings. The van der Waals surface area contributed by atoms with Gasteiger partial charge in [0.2, 0.25) is 0 Å². The van der Waals surface area contributed by atoms with Crippen LogP contribution in [0.25, 0.3) is 0 Å². The van der Waals surface area contributed by atoms with E-state index in [-0.39, 0.29) is 18.1 Å². The minimum absolute atomic E-state index is 0.0517. The first-order valence-electron chi connectivity index (χ1n) is 10.4. The number of rotatable bonds is 21. The summed E-state index contributed by atoms with van der Waals surface area (Å²) in [6.45, 7) is 6.78. The van der Waals surface area contributed by atoms with Gasteiger partial charge in [-0.3, -0.25) is 4.18 Å². The molecular weight excluding hydrogens is 440 g/mol. The quantitative estimate of drug-likeness (QED) is 0.149. The molecule has 0 radical (unpaired) electrons. The molecule has 0 N–H and O–H groups in total. The lowest BCUT2D eigenvalue weighted by atomic mass is 10.2. The second kappa shape index (κ2) is 19.0. The van der Waals surface area contributed by atoms with Gasteiger partial charge >= 0.3 is 0 Å². The second-order valence-electron chi connectivity index (χ2n) is 6.41. The van der Waals surface area contributed by atoms with Crippen molar-refractivity contribution < 1.29 is 41.0 Å². The Morgan fingerprint density at radius 1 is 0.656 bits per heavy atom. The van der Waals surface area contributed by atoms with Crippen molar-refractivity contribution in [3.05, 3.63) is 29.8 Å². The molecule has 0 atom stereocenters. The van der Waals surface area contributed by atoms with Crippen LogP contribution in [0.3, 0.4) is 0 Å². The minimum Gasteiger partial charge on any atom is -0.377 e. The molecule has 1 rings (SSSR count). The number of benzene rings is 1. The van der Waals surface area contributed by atoms with Gasteiger partial charge < -0.3 is 28.4 Å². The first-order chi connectivity index (χ1) is 15.6. The lowest BCUT2D eigenvalue weighted by molar-refractivity contribution is -0.0166. The van der Waals surface area contributed by atoms with Gasteiger partial charge in [-0.2, -0.15) is 8.42 Å². The zero-order chi connectivity index (χ0) is 23.3. The van der Waals surface area contributed by atoms with Crippen LogP contribution in [0.4, 0.5) is 0 Å². The summed E-state index contributed by atoms with van der Waals surface area (Å²) in [4.78, 5) is 0.132. The highest BCUT2D eigenvalue weighted by Crippen LogP contribution is 2.12. The molecule has 0 aliphatic carbocycles. The van der Waals surface area contributed by atoms with Gasteiger partial charge in [-0.25, -0.2) is 0 Å². The lowest BCUT2D eigenvalue weighted by Crippen LogP contribution is -2.15. The first kappa shape index (κ1) is 28.5. The summed E-state index contributed by atoms with van der Waals surface area (Å²) in [6, 6.07) is 6.48. The van der Waals surface area contributed by atoms with Crippen LogP contribution in [0.2, 0.25) is 0 Å². The molecule has 10 heteroatoms. The van der Waals surface area contributed by atoms with E-state index < -0.39 is 10.1 Å². The molecule has 32 heavy (non-hydrogen) atoms. The monoisotopic (exact) mass is 474 g/mol. The van der Waals surface area contributed by atoms with E-state index in [0.717, 1.165) is 5.56 Å². The fraction of sp³-hybridized carbons (Fsp3) is 0.636. The SMILES string of the molecule is C#CCOCCOCCOCCOCCOCCOCCOS(=O)(=O)c1ccc(C)cc1. The van der Waals surface area contributed by atoms with Crippen LogP contribution in [0.15, 0.2) is 29.2 Å². The van der Waals surface area contributed by atoms with Crippen molar-refractivity contribution in [3.8, 4) is 12.3 Å². The highest BCUT2D eigenvalue weighted by atomic mass is 32.2. The van der Waals surface area contributed by atoms with Gasteiger partial charge in [0.05, 0.1) is 84.2 Å². The zero-order valence-electron chi connectivity index (χ0n) is 18.7. The van der Waals surface area contributed by atoms with E-state index in [0.29, 0.717) is 72.7 Å². The van der Waals surface area contributed by atoms with Crippen molar-refractivity contribution in [1.29, 1.82) is 0 Å². The average Bonchev–Trinajstić information content (AvgIpc) is 2.78. The number of terminal acetylenes is 1. The highest BCUT2D eigenvalue weighted by molar-refractivity contribution is 7.86. The Labute approximate surface area is 191 Å². The van der Waals surface area contributed by atoms with Gasteiger partial charge in [0.25, 0.3) is 10.1 Å². The molecule has 1 aromatic carbocycles. The van der Waals surface area contributed by atoms with Crippen molar-refractivity contribution in [1.82, 2.24) is 0 Å². The molecular formula is C22H34O9S. The van der Waals surface area contributed by atoms with Gasteiger partial charge in [-0.15, -0.1) is 6.42 Å². The largest absolute Gasteiger partial charge is 0.377 e. The number of hydrogen-bond donors (Lipinski definition) is 0. The van der Waals surface area contributed by atoms with Crippen molar-refractivity contribution in [2.45, 2.75) is 11.8 Å². The first-order valence-corrected chi connectivity index (χ1v) is 11.8. The van der Waals surface area contributed by atoms with Gasteiger partial charge in [0.1, 0.15) is 6.61 Å². The van der Waals surface area contributed by atoms with E-state index >= 15 is 0 Å². The molecule has 9 nitrogen and oxygen atoms in total. The van der Waals surface area contributed by atoms with Crippen LogP contribution < -0.4 is 0 Å². The summed E-state index contributed by atoms with van der Waals surface area (Å²) in [7, 11) is -3.76. The highest BCUT2D eigenvalue weighted by Gasteiger charge is 2.14. The van der Waals surface area contributed by atoms with Crippen molar-refractivity contribution in [2.24, 2.45) is 0 Å². The third-order valence-corrected chi connectivity index (χ3v) is 5.15. The number of aryl methyl sites for hydroxylation is 1. The summed E-state index contributed by atoms with van der Waals surface area (Å²) in [5.74, 6) is 2.38. The van der Waals surface area contributed by atoms with Crippen molar-refractivity contribution in [3.63, 3.8) is 0 Å². The van der Waals surface area contributed by atoms with Crippen LogP contribution in [0.1, 0.15) is 5.56 Å². The van der Waals surface area contributed by atoms with Crippen molar-refractivity contribution >= 4 is 10.1 Å². The van der Waals surface area contributed by atoms with Gasteiger partial charge in [0.15, 0.2) is 0 Å². The van der Waals surface area contributed by atoms with Crippen LogP contribution >= 0.6 is 0 Å². The van der Waals surface area contributed by atoms with E-state index in [1.54, 1.807) is 12.1 Å². The Morgan fingerprint density at radius 2 is 1.03 bits per heavy atom. The van der Waals surface area contributed by atoms with Crippen LogP contribution in [0, 0.1) is 19.3 Å². The van der Waals surface area contributed by atoms with Gasteiger partial charge in [-0.1, -0.05) is 23.6 Å². The normalized spacial score (nSPS) is 11.5. The van der Waals surface area contributed by atoms with Crippen LogP contribution in [-0.4, -0.2) is 94.3 Å². The van der Waals surface area contributed by atoms with Gasteiger partial charge in [-0.05, 0) is 19.1 Å². The topological polar surface area (TPSA) is 98.8 Å². The molecule has 0 aliphatic heterocycles. The van der Waals surface area contributed by atoms with E-state index in [1.807, 2.05) is 6.92 Å². The molecule has 0 fully saturated rings. The second-order valence-corrected chi connectivity index (χ2v) is 8.02. The summed E-state index contributed by atoms with van der Waals surface area (Å²) < 4.78 is 60.7. The summed E-state index contributed by atoms with van der Waals surface area (Å²) in [5, 5.41) is 0. The maximum Gasteiger partial charge on any atom is 0.297 e. The number of hydrogen-bond acceptors (Lipinski definition) is 9. The molecule has 0 aliphatic rings. The summed E-state index contributed by atoms with van der Waals surface area (Å²) in [6.07, 6.45) is 5.05. The molecule has 0 amide bonds. The molecule has 0 aromatic heterocycles. The van der Waals surface area contributed by atoms with Crippen LogP contribution in [0.5, 0.6) is 0 Å². The molecule has 0 heterocycles. The molecule has 0 bridgehead atoms. The Bertz CT molecular complexity index is 714. The maximum atomic E-state index is 12.0. The third-order valence-electron chi connectivity index (χ3n) is 3.82. The molecule has 0 spiro atoms. The minimum atomic E-state index is -3.76. The van der Waals surface area contributed by atoms with E-state index in [9.17, 15) is 8.42 Å². The molecule has 0 saturated carbocycles. The predicted molar refractivity (Wildman–Crippen MR) is 118 cm³/mol. The predicted octanol–water partition coefficient (Wildman–Crippen LogP) is 1.43. The van der Waals surface area contributed by atoms with Crippen molar-refractivity contribution in [2.75, 3.05) is 85.9 Å². The number of ether oxygens (including phenoxy) is 6. The zero-order valence-corrected chi connectivity index (χ0v) is 19.5. The molecule has 182 valence electrons. The average molecular weight is 475 g/mol. The van der Waals surface area contributed by atoms with Crippen LogP contribution in [-0.2, 0) is 42.7 Å². The Balaban J connectivity index is 1.81. The smallest absolute Gasteiger partial charge is 0.297 e. The van der Waals surface area contributed by atoms with E-state index in [2.05, 4.69) is 5.92 Å². The molecule has 0 unspecified atom stereocenters. The fourth-order valence-electron chi connectivity index (χ4n) is 2.21. The lowest BCUT2D eigenvalue weighted by Gasteiger charge is -2.08. The maximum absolute atomic E-state index is 12.0. The Morgan fingerprint density at radius 3 is 1.44 bits per heavy atom. The standard InChI is InChI=1S/C22H34O9S/c1-3-8-25-9-10-26-11-12-27-13-14-28-15-16-29-17-18-30-19-20-31-32(23,24)22-6-4-21(2)5-7-22/h1,4-7H,8-20H2,2H3. The molecule has 0 saturated heterocycles. The third kappa shape index (κ3) is 15.3. The Hall–Kier alpha value is -1.55. The summed E-state index contributed by atoms with van der Waals surface area (Å²) >= 11 is 0. The van der Waals surface area contributed by atoms with E-state index in [4.69, 9.17) is 39.0 Å².